The van der Waals surface area contributed by atoms with Crippen LogP contribution in [0.4, 0.5) is 4.39 Å². The molecule has 3 aromatic rings. The Hall–Kier alpha value is -2.53. The zero-order valence-corrected chi connectivity index (χ0v) is 16.8. The summed E-state index contributed by atoms with van der Waals surface area (Å²) in [6, 6.07) is 24.7. The van der Waals surface area contributed by atoms with Crippen LogP contribution >= 0.6 is 0 Å². The van der Waals surface area contributed by atoms with E-state index >= 15 is 0 Å². The van der Waals surface area contributed by atoms with Crippen molar-refractivity contribution >= 4 is 0 Å². The second kappa shape index (κ2) is 10.9. The number of rotatable bonds is 10. The molecule has 0 heterocycles. The van der Waals surface area contributed by atoms with Gasteiger partial charge in [0.05, 0.1) is 19.3 Å². The first-order valence-corrected chi connectivity index (χ1v) is 9.91. The summed E-state index contributed by atoms with van der Waals surface area (Å²) < 4.78 is 18.9. The first kappa shape index (κ1) is 21.2. The lowest BCUT2D eigenvalue weighted by molar-refractivity contribution is 0.00709. The monoisotopic (exact) mass is 393 g/mol. The van der Waals surface area contributed by atoms with Crippen LogP contribution in [0.5, 0.6) is 0 Å². The quantitative estimate of drug-likeness (QED) is 0.541. The van der Waals surface area contributed by atoms with E-state index in [4.69, 9.17) is 4.74 Å². The molecule has 1 atom stereocenters. The number of hydrogen-bond acceptors (Lipinski definition) is 3. The maximum Gasteiger partial charge on any atom is 0.123 e. The largest absolute Gasteiger partial charge is 0.389 e. The van der Waals surface area contributed by atoms with Gasteiger partial charge in [-0.05, 0) is 41.3 Å². The van der Waals surface area contributed by atoms with E-state index in [9.17, 15) is 9.50 Å². The molecule has 0 spiro atoms. The standard InChI is InChI=1S/C25H28FNO2/c1-20-7-5-6-10-23(20)16-27(15-21-11-13-24(26)14-12-21)17-25(28)19-29-18-22-8-3-2-4-9-22/h2-14,25,28H,15-19H2,1H3/t25-/m1/s1. The minimum atomic E-state index is -0.608. The topological polar surface area (TPSA) is 32.7 Å². The van der Waals surface area contributed by atoms with Crippen LogP contribution in [0.15, 0.2) is 78.9 Å². The Kier molecular flexibility index (Phi) is 7.94. The minimum Gasteiger partial charge on any atom is -0.389 e. The van der Waals surface area contributed by atoms with E-state index in [1.807, 2.05) is 42.5 Å². The van der Waals surface area contributed by atoms with Gasteiger partial charge in [0.25, 0.3) is 0 Å². The number of ether oxygens (including phenoxy) is 1. The van der Waals surface area contributed by atoms with E-state index in [0.29, 0.717) is 26.2 Å². The molecule has 0 aromatic heterocycles. The lowest BCUT2D eigenvalue weighted by atomic mass is 10.1. The van der Waals surface area contributed by atoms with Gasteiger partial charge in [-0.2, -0.15) is 0 Å². The van der Waals surface area contributed by atoms with Crippen molar-refractivity contribution in [1.82, 2.24) is 4.90 Å². The summed E-state index contributed by atoms with van der Waals surface area (Å²) in [6.45, 7) is 4.64. The molecule has 0 aliphatic carbocycles. The van der Waals surface area contributed by atoms with Crippen molar-refractivity contribution in [2.75, 3.05) is 13.2 Å². The van der Waals surface area contributed by atoms with Gasteiger partial charge < -0.3 is 9.84 Å². The number of halogens is 1. The molecule has 0 bridgehead atoms. The minimum absolute atomic E-state index is 0.242. The summed E-state index contributed by atoms with van der Waals surface area (Å²) in [5.74, 6) is -0.242. The van der Waals surface area contributed by atoms with Crippen molar-refractivity contribution < 1.29 is 14.2 Å². The zero-order chi connectivity index (χ0) is 20.5. The Bertz CT molecular complexity index is 868. The lowest BCUT2D eigenvalue weighted by Crippen LogP contribution is -2.34. The van der Waals surface area contributed by atoms with Gasteiger partial charge >= 0.3 is 0 Å². The fourth-order valence-electron chi connectivity index (χ4n) is 3.30. The first-order valence-electron chi connectivity index (χ1n) is 9.91. The maximum absolute atomic E-state index is 13.2. The highest BCUT2D eigenvalue weighted by Crippen LogP contribution is 2.15. The maximum atomic E-state index is 13.2. The van der Waals surface area contributed by atoms with Crippen LogP contribution < -0.4 is 0 Å². The van der Waals surface area contributed by atoms with Crippen LogP contribution in [0.1, 0.15) is 22.3 Å². The van der Waals surface area contributed by atoms with Gasteiger partial charge in [0.2, 0.25) is 0 Å². The third-order valence-corrected chi connectivity index (χ3v) is 4.87. The molecule has 3 rings (SSSR count). The van der Waals surface area contributed by atoms with Gasteiger partial charge in [-0.3, -0.25) is 4.90 Å². The smallest absolute Gasteiger partial charge is 0.123 e. The molecule has 0 fully saturated rings. The Morgan fingerprint density at radius 1 is 0.862 bits per heavy atom. The molecular weight excluding hydrogens is 365 g/mol. The van der Waals surface area contributed by atoms with E-state index in [1.165, 1.54) is 23.3 Å². The summed E-state index contributed by atoms with van der Waals surface area (Å²) >= 11 is 0. The zero-order valence-electron chi connectivity index (χ0n) is 16.8. The number of nitrogens with zero attached hydrogens (tertiary/aromatic N) is 1. The molecular formula is C25H28FNO2. The van der Waals surface area contributed by atoms with Crippen LogP contribution in [0, 0.1) is 12.7 Å². The fourth-order valence-corrected chi connectivity index (χ4v) is 3.30. The lowest BCUT2D eigenvalue weighted by Gasteiger charge is -2.26. The number of aliphatic hydroxyl groups is 1. The molecule has 3 nitrogen and oxygen atoms in total. The molecule has 1 N–H and O–H groups in total. The number of aryl methyl sites for hydroxylation is 1. The third kappa shape index (κ3) is 7.09. The third-order valence-electron chi connectivity index (χ3n) is 4.87. The van der Waals surface area contributed by atoms with Crippen molar-refractivity contribution in [3.63, 3.8) is 0 Å². The SMILES string of the molecule is Cc1ccccc1CN(Cc1ccc(F)cc1)C[C@@H](O)COCc1ccccc1. The molecule has 3 aromatic carbocycles. The number of aliphatic hydroxyl groups excluding tert-OH is 1. The van der Waals surface area contributed by atoms with Crippen molar-refractivity contribution in [2.24, 2.45) is 0 Å². The molecule has 4 heteroatoms. The molecule has 0 aliphatic heterocycles. The molecule has 0 aliphatic rings. The normalized spacial score (nSPS) is 12.3. The molecule has 0 saturated carbocycles. The fraction of sp³-hybridized carbons (Fsp3) is 0.280. The summed E-state index contributed by atoms with van der Waals surface area (Å²) in [6.07, 6.45) is -0.608. The van der Waals surface area contributed by atoms with Crippen molar-refractivity contribution in [3.05, 3.63) is 107 Å². The summed E-state index contributed by atoms with van der Waals surface area (Å²) in [7, 11) is 0. The van der Waals surface area contributed by atoms with Crippen molar-refractivity contribution in [2.45, 2.75) is 32.7 Å². The molecule has 0 amide bonds. The Labute approximate surface area is 172 Å². The molecule has 0 unspecified atom stereocenters. The van der Waals surface area contributed by atoms with E-state index in [0.717, 1.165) is 11.1 Å². The van der Waals surface area contributed by atoms with Gasteiger partial charge in [-0.15, -0.1) is 0 Å². The van der Waals surface area contributed by atoms with E-state index < -0.39 is 6.10 Å². The Balaban J connectivity index is 1.60. The predicted octanol–water partition coefficient (Wildman–Crippen LogP) is 4.71. The average Bonchev–Trinajstić information content (AvgIpc) is 2.72. The van der Waals surface area contributed by atoms with Gasteiger partial charge in [0.1, 0.15) is 5.82 Å². The Morgan fingerprint density at radius 2 is 1.55 bits per heavy atom. The van der Waals surface area contributed by atoms with Gasteiger partial charge in [-0.1, -0.05) is 66.7 Å². The highest BCUT2D eigenvalue weighted by atomic mass is 19.1. The van der Waals surface area contributed by atoms with Crippen molar-refractivity contribution in [3.8, 4) is 0 Å². The highest BCUT2D eigenvalue weighted by molar-refractivity contribution is 5.25. The van der Waals surface area contributed by atoms with Crippen LogP contribution in [0.2, 0.25) is 0 Å². The second-order valence-electron chi connectivity index (χ2n) is 7.38. The highest BCUT2D eigenvalue weighted by Gasteiger charge is 2.14. The summed E-state index contributed by atoms with van der Waals surface area (Å²) in [5.41, 5.74) is 4.53. The van der Waals surface area contributed by atoms with E-state index in [2.05, 4.69) is 24.0 Å². The molecule has 0 saturated heterocycles. The first-order chi connectivity index (χ1) is 14.1. The van der Waals surface area contributed by atoms with Gasteiger partial charge in [0.15, 0.2) is 0 Å². The van der Waals surface area contributed by atoms with Crippen LogP contribution in [-0.4, -0.2) is 29.3 Å². The van der Waals surface area contributed by atoms with Crippen LogP contribution in [-0.2, 0) is 24.4 Å². The van der Waals surface area contributed by atoms with E-state index in [1.54, 1.807) is 12.1 Å². The average molecular weight is 394 g/mol. The van der Waals surface area contributed by atoms with Crippen LogP contribution in [0.3, 0.4) is 0 Å². The summed E-state index contributed by atoms with van der Waals surface area (Å²) in [5, 5.41) is 10.5. The van der Waals surface area contributed by atoms with Crippen LogP contribution in [0.25, 0.3) is 0 Å². The van der Waals surface area contributed by atoms with E-state index in [-0.39, 0.29) is 12.4 Å². The second-order valence-corrected chi connectivity index (χ2v) is 7.38. The van der Waals surface area contributed by atoms with Crippen molar-refractivity contribution in [1.29, 1.82) is 0 Å². The number of benzene rings is 3. The predicted molar refractivity (Wildman–Crippen MR) is 114 cm³/mol. The van der Waals surface area contributed by atoms with Gasteiger partial charge in [-0.25, -0.2) is 4.39 Å². The Morgan fingerprint density at radius 3 is 2.28 bits per heavy atom. The van der Waals surface area contributed by atoms with Gasteiger partial charge in [0, 0.05) is 19.6 Å². The molecule has 152 valence electrons. The summed E-state index contributed by atoms with van der Waals surface area (Å²) in [4.78, 5) is 2.17. The molecule has 29 heavy (non-hydrogen) atoms. The molecule has 0 radical (unpaired) electrons. The number of hydrogen-bond donors (Lipinski definition) is 1.